The third-order valence-electron chi connectivity index (χ3n) is 1.28. The fourth-order valence-electron chi connectivity index (χ4n) is 0.957. The zero-order valence-electron chi connectivity index (χ0n) is 9.67. The van der Waals surface area contributed by atoms with Crippen molar-refractivity contribution in [2.45, 2.75) is 27.7 Å². The molecule has 1 unspecified atom stereocenters. The van der Waals surface area contributed by atoms with Crippen molar-refractivity contribution in [3.8, 4) is 0 Å². The van der Waals surface area contributed by atoms with Gasteiger partial charge in [0.25, 0.3) is 0 Å². The summed E-state index contributed by atoms with van der Waals surface area (Å²) >= 11 is 0. The van der Waals surface area contributed by atoms with Gasteiger partial charge in [-0.15, -0.1) is 0 Å². The topological polar surface area (TPSA) is 36.9 Å². The second-order valence-corrected chi connectivity index (χ2v) is 4.39. The molecule has 4 nitrogen and oxygen atoms in total. The average molecular weight is 256 g/mol. The molecule has 0 aromatic carbocycles. The lowest BCUT2D eigenvalue weighted by molar-refractivity contribution is -0.0247. The van der Waals surface area contributed by atoms with E-state index >= 15 is 0 Å². The average Bonchev–Trinajstić information content (AvgIpc) is 2.06. The van der Waals surface area contributed by atoms with Crippen LogP contribution in [0.25, 0.3) is 0 Å². The minimum atomic E-state index is -2.80. The van der Waals surface area contributed by atoms with Gasteiger partial charge >= 0.3 is 9.05 Å². The van der Waals surface area contributed by atoms with E-state index in [1.807, 2.05) is 27.7 Å². The van der Waals surface area contributed by atoms with Crippen molar-refractivity contribution in [3.63, 3.8) is 0 Å². The third-order valence-corrected chi connectivity index (χ3v) is 3.85. The molecule has 0 amide bonds. The number of rotatable bonds is 8. The van der Waals surface area contributed by atoms with Crippen LogP contribution in [0.5, 0.6) is 0 Å². The zero-order chi connectivity index (χ0) is 10.2. The Hall–Kier alpha value is 0.552. The third kappa shape index (κ3) is 8.37. The summed E-state index contributed by atoms with van der Waals surface area (Å²) in [5.74, 6) is 0. The molecule has 0 N–H and O–H groups in total. The van der Waals surface area contributed by atoms with E-state index in [0.29, 0.717) is 26.4 Å². The Labute approximate surface area is 99.7 Å². The Morgan fingerprint density at radius 1 is 0.667 bits per heavy atom. The van der Waals surface area contributed by atoms with Gasteiger partial charge in [0.1, 0.15) is 0 Å². The molecule has 0 aliphatic rings. The second-order valence-electron chi connectivity index (χ2n) is 2.23. The second kappa shape index (κ2) is 12.6. The van der Waals surface area contributed by atoms with Gasteiger partial charge in [0, 0.05) is 26.4 Å². The van der Waals surface area contributed by atoms with E-state index in [1.165, 1.54) is 0 Å². The maximum atomic E-state index is 5.42. The molecular formula is C8H26BO4PSi. The summed E-state index contributed by atoms with van der Waals surface area (Å²) in [6, 6.07) is 0. The molecule has 15 heavy (non-hydrogen) atoms. The van der Waals surface area contributed by atoms with Gasteiger partial charge in [-0.1, -0.05) is 0 Å². The highest BCUT2D eigenvalue weighted by atomic mass is 31.0. The van der Waals surface area contributed by atoms with Crippen LogP contribution in [0, 0.1) is 0 Å². The molecule has 0 saturated carbocycles. The molecule has 0 aliphatic carbocycles. The van der Waals surface area contributed by atoms with Crippen LogP contribution in [0.4, 0.5) is 0 Å². The summed E-state index contributed by atoms with van der Waals surface area (Å²) in [7, 11) is -2.80. The maximum Gasteiger partial charge on any atom is 0.679 e. The highest BCUT2D eigenvalue weighted by Gasteiger charge is 2.44. The highest BCUT2D eigenvalue weighted by Crippen LogP contribution is 2.11. The van der Waals surface area contributed by atoms with Crippen molar-refractivity contribution in [3.05, 3.63) is 0 Å². The molecule has 0 spiro atoms. The van der Waals surface area contributed by atoms with Gasteiger partial charge in [0.05, 0.1) is 8.41 Å². The van der Waals surface area contributed by atoms with Gasteiger partial charge in [-0.3, -0.25) is 0 Å². The fourth-order valence-corrected chi connectivity index (χ4v) is 2.87. The van der Waals surface area contributed by atoms with Gasteiger partial charge in [-0.25, -0.2) is 0 Å². The van der Waals surface area contributed by atoms with Crippen molar-refractivity contribution >= 4 is 27.4 Å². The first-order chi connectivity index (χ1) is 6.24. The Morgan fingerprint density at radius 3 is 1.00 bits per heavy atom. The summed E-state index contributed by atoms with van der Waals surface area (Å²) in [6.45, 7) is 9.80. The Bertz CT molecular complexity index is 102. The first-order valence-corrected chi connectivity index (χ1v) is 6.43. The molecule has 0 radical (unpaired) electrons. The van der Waals surface area contributed by atoms with Crippen LogP contribution >= 0.6 is 9.90 Å². The van der Waals surface area contributed by atoms with Crippen LogP contribution in [0.1, 0.15) is 27.7 Å². The molecule has 7 heteroatoms. The SMILES string of the molecule is B.CCO[Si](OCC)(OCC)OCC.P. The lowest BCUT2D eigenvalue weighted by atomic mass is 10.8. The van der Waals surface area contributed by atoms with Gasteiger partial charge in [-0.2, -0.15) is 9.90 Å². The van der Waals surface area contributed by atoms with E-state index in [4.69, 9.17) is 17.7 Å². The molecular weight excluding hydrogens is 230 g/mol. The van der Waals surface area contributed by atoms with Gasteiger partial charge in [-0.05, 0) is 27.7 Å². The molecule has 0 aromatic rings. The normalized spacial score (nSPS) is 10.4. The minimum Gasteiger partial charge on any atom is -0.351 e. The van der Waals surface area contributed by atoms with Crippen LogP contribution in [0.15, 0.2) is 0 Å². The standard InChI is InChI=1S/C8H20O4Si.BH3.H3P/c1-5-9-13(10-6-2,11-7-3)12-8-4;;/h5-8H2,1-4H3;2*1H3. The molecule has 0 aromatic heterocycles. The monoisotopic (exact) mass is 256 g/mol. The van der Waals surface area contributed by atoms with E-state index in [1.54, 1.807) is 0 Å². The van der Waals surface area contributed by atoms with Crippen molar-refractivity contribution in [1.82, 2.24) is 0 Å². The Morgan fingerprint density at radius 2 is 0.867 bits per heavy atom. The quantitative estimate of drug-likeness (QED) is 0.466. The van der Waals surface area contributed by atoms with E-state index in [9.17, 15) is 0 Å². The van der Waals surface area contributed by atoms with E-state index < -0.39 is 9.05 Å². The first kappa shape index (κ1) is 20.9. The predicted molar refractivity (Wildman–Crippen MR) is 73.3 cm³/mol. The molecule has 0 fully saturated rings. The van der Waals surface area contributed by atoms with Crippen molar-refractivity contribution in [2.24, 2.45) is 0 Å². The smallest absolute Gasteiger partial charge is 0.351 e. The van der Waals surface area contributed by atoms with Gasteiger partial charge < -0.3 is 17.7 Å². The summed E-state index contributed by atoms with van der Waals surface area (Å²) in [5, 5.41) is 0. The minimum absolute atomic E-state index is 0. The number of hydrogen-bond acceptors (Lipinski definition) is 4. The van der Waals surface area contributed by atoms with E-state index in [2.05, 4.69) is 0 Å². The lowest BCUT2D eigenvalue weighted by Gasteiger charge is -2.26. The molecule has 1 atom stereocenters. The van der Waals surface area contributed by atoms with Gasteiger partial charge in [0.15, 0.2) is 0 Å². The van der Waals surface area contributed by atoms with Crippen LogP contribution < -0.4 is 0 Å². The molecule has 0 aliphatic heterocycles. The summed E-state index contributed by atoms with van der Waals surface area (Å²) in [4.78, 5) is 0. The lowest BCUT2D eigenvalue weighted by Crippen LogP contribution is -2.49. The summed E-state index contributed by atoms with van der Waals surface area (Å²) in [6.07, 6.45) is 0. The van der Waals surface area contributed by atoms with E-state index in [-0.39, 0.29) is 18.3 Å². The largest absolute Gasteiger partial charge is 0.679 e. The fraction of sp³-hybridized carbons (Fsp3) is 1.00. The van der Waals surface area contributed by atoms with Crippen LogP contribution in [0.3, 0.4) is 0 Å². The Kier molecular flexibility index (Phi) is 17.6. The molecule has 94 valence electrons. The van der Waals surface area contributed by atoms with Crippen LogP contribution in [-0.4, -0.2) is 43.9 Å². The molecule has 0 heterocycles. The summed E-state index contributed by atoms with van der Waals surface area (Å²) in [5.41, 5.74) is 0. The van der Waals surface area contributed by atoms with Crippen molar-refractivity contribution in [2.75, 3.05) is 26.4 Å². The predicted octanol–water partition coefficient (Wildman–Crippen LogP) is 0.442. The molecule has 0 bridgehead atoms. The molecule has 0 rings (SSSR count). The zero-order valence-corrected chi connectivity index (χ0v) is 12.1. The molecule has 0 saturated heterocycles. The summed E-state index contributed by atoms with van der Waals surface area (Å²) < 4.78 is 21.7. The van der Waals surface area contributed by atoms with Gasteiger partial charge in [0.2, 0.25) is 0 Å². The Balaban J connectivity index is -0.000000720. The van der Waals surface area contributed by atoms with E-state index in [0.717, 1.165) is 0 Å². The maximum absolute atomic E-state index is 5.42. The van der Waals surface area contributed by atoms with Crippen molar-refractivity contribution < 1.29 is 17.7 Å². The first-order valence-electron chi connectivity index (χ1n) is 4.80. The van der Waals surface area contributed by atoms with Crippen LogP contribution in [-0.2, 0) is 17.7 Å². The number of hydrogen-bond donors (Lipinski definition) is 0. The van der Waals surface area contributed by atoms with Crippen LogP contribution in [0.2, 0.25) is 0 Å². The van der Waals surface area contributed by atoms with Crippen molar-refractivity contribution in [1.29, 1.82) is 0 Å². The highest BCUT2D eigenvalue weighted by molar-refractivity contribution is 6.92.